The first-order valence-corrected chi connectivity index (χ1v) is 16.4. The summed E-state index contributed by atoms with van der Waals surface area (Å²) >= 11 is 0. The Morgan fingerprint density at radius 2 is 1.43 bits per heavy atom. The Morgan fingerprint density at radius 1 is 0.864 bits per heavy atom. The minimum absolute atomic E-state index is 0.0278. The van der Waals surface area contributed by atoms with Gasteiger partial charge in [0.05, 0.1) is 26.4 Å². The number of aliphatic hydroxyl groups excluding tert-OH is 3. The number of allylic oxidation sites excluding steroid dienone is 9. The molecule has 1 aliphatic rings. The number of aliphatic hydroxyl groups is 3. The fourth-order valence-corrected chi connectivity index (χ4v) is 4.46. The van der Waals surface area contributed by atoms with E-state index in [9.17, 15) is 28.5 Å². The maximum absolute atomic E-state index is 12.1. The highest BCUT2D eigenvalue weighted by atomic mass is 32.3. The number of carbonyl (C=O) groups excluding carboxylic acids is 1. The Hall–Kier alpha value is -2.20. The van der Waals surface area contributed by atoms with Crippen LogP contribution in [0.5, 0.6) is 0 Å². The van der Waals surface area contributed by atoms with Crippen molar-refractivity contribution >= 4 is 16.4 Å². The smallest absolute Gasteiger partial charge is 0.397 e. The summed E-state index contributed by atoms with van der Waals surface area (Å²) in [6.07, 6.45) is 17.7. The highest BCUT2D eigenvalue weighted by molar-refractivity contribution is 7.80. The SMILES string of the molecule is CC/C=C\C/C=C\C/C=C\C/C=C\C/C=C\CCOCC(COC1OC(CO)C(O)C(OS(=O)(=O)O)C1O)OC(=O)CCC. The van der Waals surface area contributed by atoms with Crippen molar-refractivity contribution in [3.63, 3.8) is 0 Å². The number of carbonyl (C=O) groups is 1. The lowest BCUT2D eigenvalue weighted by Crippen LogP contribution is -2.60. The molecule has 1 rings (SSSR count). The van der Waals surface area contributed by atoms with E-state index in [1.54, 1.807) is 0 Å². The molecule has 0 aromatic heterocycles. The molecule has 6 atom stereocenters. The van der Waals surface area contributed by atoms with Gasteiger partial charge in [-0.15, -0.1) is 0 Å². The van der Waals surface area contributed by atoms with Crippen molar-refractivity contribution in [2.75, 3.05) is 26.4 Å². The molecule has 4 N–H and O–H groups in total. The van der Waals surface area contributed by atoms with Crippen LogP contribution >= 0.6 is 0 Å². The maximum atomic E-state index is 12.1. The third kappa shape index (κ3) is 18.6. The molecule has 1 aliphatic heterocycles. The van der Waals surface area contributed by atoms with Gasteiger partial charge >= 0.3 is 16.4 Å². The molecule has 0 amide bonds. The standard InChI is InChI=1S/C31H50O12S/c1-3-5-6-7-8-9-10-11-12-13-14-15-16-17-18-19-21-39-23-25(41-27(33)20-4-2)24-40-31-29(35)30(43-44(36,37)38)28(34)26(22-32)42-31/h5-6,8-9,11-12,14-15,17-18,25-26,28-32,34-35H,3-4,7,10,13,16,19-24H2,1-2H3,(H,36,37,38)/b6-5-,9-8-,12-11-,15-14-,18-17-. The molecular formula is C31H50O12S. The molecule has 0 bridgehead atoms. The first kappa shape index (κ1) is 39.8. The van der Waals surface area contributed by atoms with E-state index in [-0.39, 0.29) is 19.6 Å². The van der Waals surface area contributed by atoms with E-state index in [0.717, 1.165) is 32.1 Å². The molecule has 1 saturated heterocycles. The Kier molecular flexibility index (Phi) is 21.8. The van der Waals surface area contributed by atoms with E-state index in [1.807, 2.05) is 19.1 Å². The highest BCUT2D eigenvalue weighted by Crippen LogP contribution is 2.25. The van der Waals surface area contributed by atoms with Crippen LogP contribution in [0.4, 0.5) is 0 Å². The first-order chi connectivity index (χ1) is 21.1. The zero-order valence-electron chi connectivity index (χ0n) is 25.7. The fourth-order valence-electron chi connectivity index (χ4n) is 3.95. The van der Waals surface area contributed by atoms with Crippen LogP contribution in [-0.2, 0) is 38.3 Å². The van der Waals surface area contributed by atoms with Crippen LogP contribution in [0.3, 0.4) is 0 Å². The molecule has 44 heavy (non-hydrogen) atoms. The van der Waals surface area contributed by atoms with Gasteiger partial charge in [0.2, 0.25) is 0 Å². The van der Waals surface area contributed by atoms with Crippen molar-refractivity contribution in [3.8, 4) is 0 Å². The summed E-state index contributed by atoms with van der Waals surface area (Å²) in [7, 11) is -5.05. The highest BCUT2D eigenvalue weighted by Gasteiger charge is 2.48. The van der Waals surface area contributed by atoms with Crippen LogP contribution in [0.2, 0.25) is 0 Å². The monoisotopic (exact) mass is 646 g/mol. The maximum Gasteiger partial charge on any atom is 0.397 e. The molecule has 13 heteroatoms. The molecule has 1 heterocycles. The van der Waals surface area contributed by atoms with E-state index in [0.29, 0.717) is 19.4 Å². The lowest BCUT2D eigenvalue weighted by Gasteiger charge is -2.41. The van der Waals surface area contributed by atoms with Gasteiger partial charge in [-0.25, -0.2) is 4.18 Å². The van der Waals surface area contributed by atoms with E-state index in [1.165, 1.54) is 0 Å². The number of esters is 1. The molecule has 0 saturated carbocycles. The van der Waals surface area contributed by atoms with Gasteiger partial charge in [-0.05, 0) is 44.9 Å². The van der Waals surface area contributed by atoms with Crippen LogP contribution in [0, 0.1) is 0 Å². The van der Waals surface area contributed by atoms with Gasteiger partial charge in [0, 0.05) is 6.42 Å². The summed E-state index contributed by atoms with van der Waals surface area (Å²) in [5.41, 5.74) is 0. The molecule has 12 nitrogen and oxygen atoms in total. The van der Waals surface area contributed by atoms with E-state index < -0.39 is 59.8 Å². The molecule has 0 aromatic rings. The van der Waals surface area contributed by atoms with Gasteiger partial charge in [0.25, 0.3) is 0 Å². The molecule has 0 radical (unpaired) electrons. The van der Waals surface area contributed by atoms with Crippen LogP contribution in [0.1, 0.15) is 65.2 Å². The summed E-state index contributed by atoms with van der Waals surface area (Å²) < 4.78 is 57.6. The fraction of sp³-hybridized carbons (Fsp3) is 0.645. The van der Waals surface area contributed by atoms with Gasteiger partial charge < -0.3 is 34.3 Å². The van der Waals surface area contributed by atoms with Crippen LogP contribution in [0.15, 0.2) is 60.8 Å². The van der Waals surface area contributed by atoms with Gasteiger partial charge in [-0.3, -0.25) is 9.35 Å². The number of hydrogen-bond donors (Lipinski definition) is 4. The van der Waals surface area contributed by atoms with Crippen LogP contribution in [-0.4, -0.2) is 97.5 Å². The second-order valence-electron chi connectivity index (χ2n) is 9.96. The summed E-state index contributed by atoms with van der Waals surface area (Å²) in [6, 6.07) is 0. The summed E-state index contributed by atoms with van der Waals surface area (Å²) in [4.78, 5) is 12.1. The largest absolute Gasteiger partial charge is 0.457 e. The molecule has 1 fully saturated rings. The minimum atomic E-state index is -5.05. The second-order valence-corrected chi connectivity index (χ2v) is 11.0. The summed E-state index contributed by atoms with van der Waals surface area (Å²) in [5.74, 6) is -0.483. The Balaban J connectivity index is 2.46. The Morgan fingerprint density at radius 3 is 1.95 bits per heavy atom. The van der Waals surface area contributed by atoms with Gasteiger partial charge in [-0.2, -0.15) is 8.42 Å². The van der Waals surface area contributed by atoms with Crippen LogP contribution in [0.25, 0.3) is 0 Å². The van der Waals surface area contributed by atoms with Crippen molar-refractivity contribution in [3.05, 3.63) is 60.8 Å². The number of ether oxygens (including phenoxy) is 4. The minimum Gasteiger partial charge on any atom is -0.457 e. The average Bonchev–Trinajstić information content (AvgIpc) is 2.97. The van der Waals surface area contributed by atoms with Crippen molar-refractivity contribution in [2.45, 2.75) is 102 Å². The van der Waals surface area contributed by atoms with Crippen molar-refractivity contribution < 1.29 is 56.2 Å². The van der Waals surface area contributed by atoms with Crippen LogP contribution < -0.4 is 0 Å². The first-order valence-electron chi connectivity index (χ1n) is 15.0. The molecule has 0 aromatic carbocycles. The molecule has 252 valence electrons. The van der Waals surface area contributed by atoms with Gasteiger partial charge in [0.1, 0.15) is 30.5 Å². The Bertz CT molecular complexity index is 1020. The van der Waals surface area contributed by atoms with Crippen molar-refractivity contribution in [2.24, 2.45) is 0 Å². The predicted octanol–water partition coefficient (Wildman–Crippen LogP) is 3.50. The third-order valence-electron chi connectivity index (χ3n) is 6.14. The summed E-state index contributed by atoms with van der Waals surface area (Å²) in [5, 5.41) is 30.1. The summed E-state index contributed by atoms with van der Waals surface area (Å²) in [6.45, 7) is 3.18. The van der Waals surface area contributed by atoms with Gasteiger partial charge in [0.15, 0.2) is 6.29 Å². The molecular weight excluding hydrogens is 596 g/mol. The zero-order valence-corrected chi connectivity index (χ0v) is 26.5. The van der Waals surface area contributed by atoms with Crippen molar-refractivity contribution in [1.82, 2.24) is 0 Å². The van der Waals surface area contributed by atoms with E-state index in [4.69, 9.17) is 23.5 Å². The normalized spacial score (nSPS) is 24.0. The molecule has 0 aliphatic carbocycles. The number of rotatable bonds is 23. The Labute approximate surface area is 261 Å². The second kappa shape index (κ2) is 24.1. The molecule has 0 spiro atoms. The zero-order chi connectivity index (χ0) is 32.6. The lowest BCUT2D eigenvalue weighted by atomic mass is 9.99. The van der Waals surface area contributed by atoms with E-state index >= 15 is 0 Å². The van der Waals surface area contributed by atoms with Gasteiger partial charge in [-0.1, -0.05) is 74.6 Å². The topological polar surface area (TPSA) is 178 Å². The molecule has 6 unspecified atom stereocenters. The predicted molar refractivity (Wildman–Crippen MR) is 165 cm³/mol. The quantitative estimate of drug-likeness (QED) is 0.0551. The van der Waals surface area contributed by atoms with Crippen molar-refractivity contribution in [1.29, 1.82) is 0 Å². The van der Waals surface area contributed by atoms with E-state index in [2.05, 4.69) is 59.7 Å². The third-order valence-corrected chi connectivity index (χ3v) is 6.61. The number of hydrogen-bond acceptors (Lipinski definition) is 11. The average molecular weight is 647 g/mol. The lowest BCUT2D eigenvalue weighted by molar-refractivity contribution is -0.301.